The normalized spacial score (nSPS) is 18.1. The standard InChI is InChI=1S/C19H16FN3O2/c20-16-7-3-1-6-13(16)11-22-18(24)14-9-15(14)19(25)23-17-8-4-2-5-12(17)10-21/h1-8,14-15H,9,11H2,(H,22,24)(H,23,25). The minimum Gasteiger partial charge on any atom is -0.352 e. The van der Waals surface area contributed by atoms with Crippen molar-refractivity contribution in [3.05, 3.63) is 65.5 Å². The lowest BCUT2D eigenvalue weighted by molar-refractivity contribution is -0.125. The van der Waals surface area contributed by atoms with Crippen molar-refractivity contribution in [1.82, 2.24) is 5.32 Å². The summed E-state index contributed by atoms with van der Waals surface area (Å²) in [4.78, 5) is 24.3. The number of carbonyl (C=O) groups is 2. The lowest BCUT2D eigenvalue weighted by Crippen LogP contribution is -2.27. The van der Waals surface area contributed by atoms with Gasteiger partial charge in [-0.3, -0.25) is 9.59 Å². The van der Waals surface area contributed by atoms with Gasteiger partial charge in [-0.05, 0) is 24.6 Å². The van der Waals surface area contributed by atoms with Crippen LogP contribution in [0.3, 0.4) is 0 Å². The molecule has 2 N–H and O–H groups in total. The number of halogens is 1. The van der Waals surface area contributed by atoms with Gasteiger partial charge in [-0.2, -0.15) is 5.26 Å². The van der Waals surface area contributed by atoms with Gasteiger partial charge in [-0.15, -0.1) is 0 Å². The number of carbonyl (C=O) groups excluding carboxylic acids is 2. The Hall–Kier alpha value is -3.20. The van der Waals surface area contributed by atoms with E-state index in [9.17, 15) is 14.0 Å². The number of rotatable bonds is 5. The number of hydrogen-bond acceptors (Lipinski definition) is 3. The highest BCUT2D eigenvalue weighted by molar-refractivity contribution is 6.00. The van der Waals surface area contributed by atoms with Crippen LogP contribution < -0.4 is 10.6 Å². The molecule has 25 heavy (non-hydrogen) atoms. The second-order valence-electron chi connectivity index (χ2n) is 5.90. The van der Waals surface area contributed by atoms with Crippen molar-refractivity contribution < 1.29 is 14.0 Å². The molecule has 1 fully saturated rings. The van der Waals surface area contributed by atoms with Crippen molar-refractivity contribution in [1.29, 1.82) is 5.26 Å². The van der Waals surface area contributed by atoms with Gasteiger partial charge in [-0.1, -0.05) is 30.3 Å². The fourth-order valence-electron chi connectivity index (χ4n) is 2.64. The van der Waals surface area contributed by atoms with Crippen LogP contribution in [0.25, 0.3) is 0 Å². The molecular formula is C19H16FN3O2. The Bertz CT molecular complexity index is 860. The van der Waals surface area contributed by atoms with Crippen LogP contribution in [0, 0.1) is 29.0 Å². The van der Waals surface area contributed by atoms with Crippen LogP contribution in [-0.2, 0) is 16.1 Å². The molecule has 0 spiro atoms. The largest absolute Gasteiger partial charge is 0.352 e. The number of anilines is 1. The van der Waals surface area contributed by atoms with Crippen molar-refractivity contribution in [3.8, 4) is 6.07 Å². The third-order valence-corrected chi connectivity index (χ3v) is 4.18. The Kier molecular flexibility index (Phi) is 4.75. The Morgan fingerprint density at radius 2 is 1.76 bits per heavy atom. The molecule has 2 aromatic rings. The fourth-order valence-corrected chi connectivity index (χ4v) is 2.64. The summed E-state index contributed by atoms with van der Waals surface area (Å²) in [5.74, 6) is -1.76. The molecule has 0 radical (unpaired) electrons. The van der Waals surface area contributed by atoms with Crippen molar-refractivity contribution in [3.63, 3.8) is 0 Å². The molecule has 5 nitrogen and oxygen atoms in total. The van der Waals surface area contributed by atoms with Crippen molar-refractivity contribution >= 4 is 17.5 Å². The Morgan fingerprint density at radius 1 is 1.08 bits per heavy atom. The number of nitrogens with zero attached hydrogens (tertiary/aromatic N) is 1. The van der Waals surface area contributed by atoms with Crippen molar-refractivity contribution in [2.24, 2.45) is 11.8 Å². The SMILES string of the molecule is N#Cc1ccccc1NC(=O)C1CC1C(=O)NCc1ccccc1F. The number of nitrogens with one attached hydrogen (secondary N) is 2. The van der Waals surface area contributed by atoms with Gasteiger partial charge in [0, 0.05) is 12.1 Å². The van der Waals surface area contributed by atoms with E-state index in [1.807, 2.05) is 6.07 Å². The summed E-state index contributed by atoms with van der Waals surface area (Å²) in [7, 11) is 0. The Balaban J connectivity index is 1.53. The second-order valence-corrected chi connectivity index (χ2v) is 5.90. The molecule has 1 aliphatic rings. The first-order chi connectivity index (χ1) is 12.1. The summed E-state index contributed by atoms with van der Waals surface area (Å²) in [5.41, 5.74) is 1.21. The quantitative estimate of drug-likeness (QED) is 0.880. The lowest BCUT2D eigenvalue weighted by Gasteiger charge is -2.07. The van der Waals surface area contributed by atoms with E-state index in [-0.39, 0.29) is 24.2 Å². The van der Waals surface area contributed by atoms with E-state index < -0.39 is 11.8 Å². The lowest BCUT2D eigenvalue weighted by atomic mass is 10.2. The zero-order valence-corrected chi connectivity index (χ0v) is 13.3. The molecule has 1 saturated carbocycles. The summed E-state index contributed by atoms with van der Waals surface area (Å²) in [6, 6.07) is 14.9. The van der Waals surface area contributed by atoms with Gasteiger partial charge in [0.25, 0.3) is 0 Å². The van der Waals surface area contributed by atoms with Gasteiger partial charge < -0.3 is 10.6 Å². The third kappa shape index (κ3) is 3.83. The molecule has 1 aliphatic carbocycles. The molecule has 0 heterocycles. The molecule has 2 aromatic carbocycles. The van der Waals surface area contributed by atoms with E-state index in [2.05, 4.69) is 10.6 Å². The highest BCUT2D eigenvalue weighted by Crippen LogP contribution is 2.39. The molecule has 126 valence electrons. The smallest absolute Gasteiger partial charge is 0.228 e. The minimum absolute atomic E-state index is 0.0909. The van der Waals surface area contributed by atoms with Gasteiger partial charge in [0.05, 0.1) is 23.1 Å². The van der Waals surface area contributed by atoms with Gasteiger partial charge in [0.2, 0.25) is 11.8 Å². The molecular weight excluding hydrogens is 321 g/mol. The number of benzene rings is 2. The van der Waals surface area contributed by atoms with Crippen LogP contribution in [0.1, 0.15) is 17.5 Å². The summed E-state index contributed by atoms with van der Waals surface area (Å²) in [6.07, 6.45) is 0.448. The third-order valence-electron chi connectivity index (χ3n) is 4.18. The second kappa shape index (κ2) is 7.14. The van der Waals surface area contributed by atoms with E-state index >= 15 is 0 Å². The number of para-hydroxylation sites is 1. The van der Waals surface area contributed by atoms with E-state index in [1.54, 1.807) is 42.5 Å². The van der Waals surface area contributed by atoms with Crippen LogP contribution in [0.15, 0.2) is 48.5 Å². The van der Waals surface area contributed by atoms with Crippen molar-refractivity contribution in [2.75, 3.05) is 5.32 Å². The van der Waals surface area contributed by atoms with Gasteiger partial charge in [0.1, 0.15) is 11.9 Å². The first kappa shape index (κ1) is 16.7. The highest BCUT2D eigenvalue weighted by Gasteiger charge is 2.48. The summed E-state index contributed by atoms with van der Waals surface area (Å²) in [6.45, 7) is 0.0909. The maximum Gasteiger partial charge on any atom is 0.228 e. The highest BCUT2D eigenvalue weighted by atomic mass is 19.1. The summed E-state index contributed by atoms with van der Waals surface area (Å²) < 4.78 is 13.5. The maximum absolute atomic E-state index is 13.5. The average Bonchev–Trinajstić information content (AvgIpc) is 3.42. The molecule has 2 amide bonds. The van der Waals surface area contributed by atoms with Gasteiger partial charge in [0.15, 0.2) is 0 Å². The maximum atomic E-state index is 13.5. The number of amides is 2. The van der Waals surface area contributed by atoms with Gasteiger partial charge >= 0.3 is 0 Å². The Labute approximate surface area is 144 Å². The molecule has 6 heteroatoms. The Morgan fingerprint density at radius 3 is 2.52 bits per heavy atom. The van der Waals surface area contributed by atoms with E-state index in [1.165, 1.54) is 6.07 Å². The number of hydrogen-bond donors (Lipinski definition) is 2. The van der Waals surface area contributed by atoms with E-state index in [0.29, 0.717) is 23.2 Å². The molecule has 0 saturated heterocycles. The summed E-state index contributed by atoms with van der Waals surface area (Å²) in [5, 5.41) is 14.4. The van der Waals surface area contributed by atoms with Crippen LogP contribution in [0.4, 0.5) is 10.1 Å². The predicted octanol–water partition coefficient (Wildman–Crippen LogP) is 2.59. The van der Waals surface area contributed by atoms with E-state index in [0.717, 1.165) is 0 Å². The summed E-state index contributed by atoms with van der Waals surface area (Å²) >= 11 is 0. The van der Waals surface area contributed by atoms with Crippen LogP contribution in [0.2, 0.25) is 0 Å². The van der Waals surface area contributed by atoms with Crippen LogP contribution in [0.5, 0.6) is 0 Å². The minimum atomic E-state index is -0.424. The molecule has 3 rings (SSSR count). The monoisotopic (exact) mass is 337 g/mol. The molecule has 2 atom stereocenters. The number of nitriles is 1. The zero-order valence-electron chi connectivity index (χ0n) is 13.3. The molecule has 0 bridgehead atoms. The van der Waals surface area contributed by atoms with Crippen LogP contribution in [-0.4, -0.2) is 11.8 Å². The first-order valence-corrected chi connectivity index (χ1v) is 7.91. The fraction of sp³-hybridized carbons (Fsp3) is 0.211. The van der Waals surface area contributed by atoms with Crippen molar-refractivity contribution in [2.45, 2.75) is 13.0 Å². The zero-order chi connectivity index (χ0) is 17.8. The molecule has 2 unspecified atom stereocenters. The van der Waals surface area contributed by atoms with Crippen LogP contribution >= 0.6 is 0 Å². The first-order valence-electron chi connectivity index (χ1n) is 7.91. The van der Waals surface area contributed by atoms with Gasteiger partial charge in [-0.25, -0.2) is 4.39 Å². The van der Waals surface area contributed by atoms with E-state index in [4.69, 9.17) is 5.26 Å². The molecule has 0 aromatic heterocycles. The average molecular weight is 337 g/mol. The molecule has 0 aliphatic heterocycles. The predicted molar refractivity (Wildman–Crippen MR) is 89.6 cm³/mol. The topological polar surface area (TPSA) is 82.0 Å².